The van der Waals surface area contributed by atoms with E-state index in [1.165, 1.54) is 0 Å². The topological polar surface area (TPSA) is 89.5 Å². The van der Waals surface area contributed by atoms with Gasteiger partial charge in [0.05, 0.1) is 59.5 Å². The zero-order valence-electron chi connectivity index (χ0n) is 16.4. The average molecular weight is 398 g/mol. The third-order valence-corrected chi connectivity index (χ3v) is 3.37. The maximum absolute atomic E-state index is 11.8. The highest BCUT2D eigenvalue weighted by atomic mass is 16.6. The van der Waals surface area contributed by atoms with Crippen LogP contribution >= 0.6 is 0 Å². The molecule has 0 unspecified atom stereocenters. The monoisotopic (exact) mass is 398 g/mol. The first kappa shape index (κ1) is 24.2. The number of ether oxygens (including phenoxy) is 6. The van der Waals surface area contributed by atoms with Crippen LogP contribution in [-0.4, -0.2) is 84.4 Å². The lowest BCUT2D eigenvalue weighted by atomic mass is 10.1. The quantitative estimate of drug-likeness (QED) is 0.159. The number of benzene rings is 1. The van der Waals surface area contributed by atoms with Crippen LogP contribution in [0.3, 0.4) is 0 Å². The van der Waals surface area contributed by atoms with Gasteiger partial charge in [-0.15, -0.1) is 0 Å². The van der Waals surface area contributed by atoms with E-state index in [2.05, 4.69) is 0 Å². The fourth-order valence-corrected chi connectivity index (χ4v) is 1.99. The number of hydrogen-bond donors (Lipinski definition) is 0. The average Bonchev–Trinajstić information content (AvgIpc) is 2.73. The Morgan fingerprint density at radius 2 is 1.07 bits per heavy atom. The zero-order chi connectivity index (χ0) is 20.3. The van der Waals surface area contributed by atoms with Gasteiger partial charge >= 0.3 is 5.97 Å². The van der Waals surface area contributed by atoms with Crippen molar-refractivity contribution < 1.29 is 38.0 Å². The smallest absolute Gasteiger partial charge is 0.379 e. The van der Waals surface area contributed by atoms with Crippen molar-refractivity contribution in [2.75, 3.05) is 72.7 Å². The molecule has 0 radical (unpaired) electrons. The Balaban J connectivity index is 1.83. The number of rotatable bonds is 18. The van der Waals surface area contributed by atoms with Gasteiger partial charge in [0.25, 0.3) is 5.78 Å². The van der Waals surface area contributed by atoms with E-state index in [9.17, 15) is 9.59 Å². The molecule has 0 atom stereocenters. The van der Waals surface area contributed by atoms with E-state index >= 15 is 0 Å². The Hall–Kier alpha value is -1.84. The maximum atomic E-state index is 11.8. The summed E-state index contributed by atoms with van der Waals surface area (Å²) in [6.07, 6.45) is 0. The van der Waals surface area contributed by atoms with Gasteiger partial charge in [0, 0.05) is 12.2 Å². The second kappa shape index (κ2) is 17.3. The second-order valence-electron chi connectivity index (χ2n) is 5.48. The van der Waals surface area contributed by atoms with Crippen molar-refractivity contribution >= 4 is 11.8 Å². The highest BCUT2D eigenvalue weighted by Gasteiger charge is 2.16. The van der Waals surface area contributed by atoms with Crippen LogP contribution in [0.4, 0.5) is 0 Å². The summed E-state index contributed by atoms with van der Waals surface area (Å²) in [5.74, 6) is -1.55. The van der Waals surface area contributed by atoms with Crippen LogP contribution in [0.1, 0.15) is 17.3 Å². The first-order valence-electron chi connectivity index (χ1n) is 9.41. The van der Waals surface area contributed by atoms with E-state index in [1.54, 1.807) is 30.3 Å². The van der Waals surface area contributed by atoms with E-state index in [4.69, 9.17) is 28.4 Å². The number of esters is 1. The highest BCUT2D eigenvalue weighted by Crippen LogP contribution is 2.01. The molecule has 0 aliphatic carbocycles. The van der Waals surface area contributed by atoms with Gasteiger partial charge in [0.2, 0.25) is 0 Å². The number of hydrogen-bond acceptors (Lipinski definition) is 8. The van der Waals surface area contributed by atoms with Crippen molar-refractivity contribution in [2.45, 2.75) is 6.92 Å². The van der Waals surface area contributed by atoms with Crippen LogP contribution in [0, 0.1) is 0 Å². The summed E-state index contributed by atoms with van der Waals surface area (Å²) in [7, 11) is 0. The first-order chi connectivity index (χ1) is 13.8. The minimum atomic E-state index is -0.884. The van der Waals surface area contributed by atoms with Crippen molar-refractivity contribution in [3.05, 3.63) is 35.9 Å². The Morgan fingerprint density at radius 3 is 1.54 bits per heavy atom. The van der Waals surface area contributed by atoms with Crippen LogP contribution < -0.4 is 0 Å². The minimum Gasteiger partial charge on any atom is -0.457 e. The van der Waals surface area contributed by atoms with Crippen LogP contribution in [-0.2, 0) is 33.2 Å². The largest absolute Gasteiger partial charge is 0.457 e. The molecule has 0 aliphatic rings. The molecule has 0 fully saturated rings. The summed E-state index contributed by atoms with van der Waals surface area (Å²) in [6.45, 7) is 6.78. The van der Waals surface area contributed by atoms with E-state index in [1.807, 2.05) is 6.92 Å². The molecular formula is C20H30O8. The summed E-state index contributed by atoms with van der Waals surface area (Å²) in [4.78, 5) is 23.4. The van der Waals surface area contributed by atoms with Gasteiger partial charge in [-0.3, -0.25) is 4.79 Å². The maximum Gasteiger partial charge on any atom is 0.379 e. The predicted octanol–water partition coefficient (Wildman–Crippen LogP) is 1.52. The molecule has 8 nitrogen and oxygen atoms in total. The molecule has 1 aromatic carbocycles. The zero-order valence-corrected chi connectivity index (χ0v) is 16.4. The number of ketones is 1. The van der Waals surface area contributed by atoms with Gasteiger partial charge in [0.15, 0.2) is 0 Å². The van der Waals surface area contributed by atoms with E-state index in [0.717, 1.165) is 0 Å². The molecule has 0 aromatic heterocycles. The Kier molecular flexibility index (Phi) is 14.9. The van der Waals surface area contributed by atoms with Crippen molar-refractivity contribution in [2.24, 2.45) is 0 Å². The lowest BCUT2D eigenvalue weighted by Crippen LogP contribution is -2.20. The van der Waals surface area contributed by atoms with Crippen molar-refractivity contribution in [3.63, 3.8) is 0 Å². The second-order valence-corrected chi connectivity index (χ2v) is 5.48. The van der Waals surface area contributed by atoms with E-state index in [0.29, 0.717) is 65.0 Å². The SMILES string of the molecule is CCOCCOCCOCCOCCOCCOC(=O)C(=O)c1ccccc1. The Bertz CT molecular complexity index is 520. The number of Topliss-reactive ketones (excluding diaryl/α,β-unsaturated/α-hetero) is 1. The lowest BCUT2D eigenvalue weighted by molar-refractivity contribution is -0.139. The van der Waals surface area contributed by atoms with Gasteiger partial charge in [-0.1, -0.05) is 30.3 Å². The fourth-order valence-electron chi connectivity index (χ4n) is 1.99. The van der Waals surface area contributed by atoms with Crippen molar-refractivity contribution in [1.82, 2.24) is 0 Å². The molecule has 0 heterocycles. The third-order valence-electron chi connectivity index (χ3n) is 3.37. The van der Waals surface area contributed by atoms with Gasteiger partial charge in [-0.25, -0.2) is 4.79 Å². The fraction of sp³-hybridized carbons (Fsp3) is 0.600. The van der Waals surface area contributed by atoms with E-state index in [-0.39, 0.29) is 13.2 Å². The van der Waals surface area contributed by atoms with Crippen LogP contribution in [0.2, 0.25) is 0 Å². The molecule has 0 aliphatic heterocycles. The van der Waals surface area contributed by atoms with Gasteiger partial charge in [-0.05, 0) is 6.92 Å². The summed E-state index contributed by atoms with van der Waals surface area (Å²) < 4.78 is 31.3. The molecule has 0 bridgehead atoms. The summed E-state index contributed by atoms with van der Waals surface area (Å²) in [6, 6.07) is 8.27. The molecule has 0 saturated heterocycles. The molecule has 0 amide bonds. The third kappa shape index (κ3) is 12.5. The molecule has 8 heteroatoms. The van der Waals surface area contributed by atoms with Crippen molar-refractivity contribution in [1.29, 1.82) is 0 Å². The molecule has 0 saturated carbocycles. The van der Waals surface area contributed by atoms with Crippen LogP contribution in [0.15, 0.2) is 30.3 Å². The highest BCUT2D eigenvalue weighted by molar-refractivity contribution is 6.40. The standard InChI is InChI=1S/C20H30O8/c1-2-23-8-9-24-10-11-25-12-13-26-14-15-27-16-17-28-20(22)19(21)18-6-4-3-5-7-18/h3-7H,2,8-17H2,1H3. The molecule has 1 aromatic rings. The molecule has 28 heavy (non-hydrogen) atoms. The molecule has 0 N–H and O–H groups in total. The van der Waals surface area contributed by atoms with E-state index < -0.39 is 11.8 Å². The van der Waals surface area contributed by atoms with Crippen LogP contribution in [0.5, 0.6) is 0 Å². The molecule has 0 spiro atoms. The first-order valence-corrected chi connectivity index (χ1v) is 9.41. The summed E-state index contributed by atoms with van der Waals surface area (Å²) in [5.41, 5.74) is 0.307. The predicted molar refractivity (Wildman–Crippen MR) is 102 cm³/mol. The number of carbonyl (C=O) groups is 2. The summed E-state index contributed by atoms with van der Waals surface area (Å²) >= 11 is 0. The van der Waals surface area contributed by atoms with Crippen LogP contribution in [0.25, 0.3) is 0 Å². The summed E-state index contributed by atoms with van der Waals surface area (Å²) in [5, 5.41) is 0. The normalized spacial score (nSPS) is 10.8. The lowest BCUT2D eigenvalue weighted by Gasteiger charge is -2.08. The minimum absolute atomic E-state index is 0.0177. The molecule has 1 rings (SSSR count). The molecular weight excluding hydrogens is 368 g/mol. The van der Waals surface area contributed by atoms with Gasteiger partial charge < -0.3 is 28.4 Å². The molecule has 158 valence electrons. The van der Waals surface area contributed by atoms with Gasteiger partial charge in [0.1, 0.15) is 6.61 Å². The Morgan fingerprint density at radius 1 is 0.643 bits per heavy atom. The van der Waals surface area contributed by atoms with Gasteiger partial charge in [-0.2, -0.15) is 0 Å². The number of carbonyl (C=O) groups excluding carboxylic acids is 2. The van der Waals surface area contributed by atoms with Crippen molar-refractivity contribution in [3.8, 4) is 0 Å². The Labute approximate surface area is 166 Å².